The van der Waals surface area contributed by atoms with E-state index in [-0.39, 0.29) is 6.04 Å². The lowest BCUT2D eigenvalue weighted by molar-refractivity contribution is 0.240. The molecule has 2 N–H and O–H groups in total. The maximum absolute atomic E-state index is 14.2. The Labute approximate surface area is 171 Å². The van der Waals surface area contributed by atoms with Crippen LogP contribution in [0.5, 0.6) is 5.75 Å². The number of anilines is 1. The lowest BCUT2D eigenvalue weighted by Crippen LogP contribution is -2.46. The molecule has 0 aromatic carbocycles. The fourth-order valence-corrected chi connectivity index (χ4v) is 3.81. The molecular formula is C19H21ClFN7O. The molecule has 1 aliphatic heterocycles. The van der Waals surface area contributed by atoms with Gasteiger partial charge in [-0.05, 0) is 25.8 Å². The molecule has 1 aliphatic carbocycles. The molecule has 2 atom stereocenters. The second-order valence-corrected chi connectivity index (χ2v) is 7.84. The summed E-state index contributed by atoms with van der Waals surface area (Å²) in [5, 5.41) is 11.4. The van der Waals surface area contributed by atoms with E-state index in [1.807, 2.05) is 6.07 Å². The van der Waals surface area contributed by atoms with Crippen LogP contribution in [0.15, 0.2) is 18.5 Å². The predicted octanol–water partition coefficient (Wildman–Crippen LogP) is 2.84. The summed E-state index contributed by atoms with van der Waals surface area (Å²) in [6.45, 7) is 1.19. The molecule has 2 aliphatic rings. The van der Waals surface area contributed by atoms with Gasteiger partial charge in [-0.3, -0.25) is 0 Å². The molecule has 1 saturated heterocycles. The van der Waals surface area contributed by atoms with Crippen LogP contribution in [0.25, 0.3) is 17.0 Å². The molecule has 1 saturated carbocycles. The van der Waals surface area contributed by atoms with E-state index in [9.17, 15) is 4.39 Å². The minimum Gasteiger partial charge on any atom is -0.495 e. The van der Waals surface area contributed by atoms with E-state index in [1.54, 1.807) is 17.8 Å². The van der Waals surface area contributed by atoms with Crippen molar-refractivity contribution < 1.29 is 9.13 Å². The summed E-state index contributed by atoms with van der Waals surface area (Å²) in [6, 6.07) is 1.49. The highest BCUT2D eigenvalue weighted by Crippen LogP contribution is 2.43. The van der Waals surface area contributed by atoms with E-state index >= 15 is 0 Å². The third-order valence-electron chi connectivity index (χ3n) is 5.37. The Hall–Kier alpha value is -2.52. The molecular weight excluding hydrogens is 397 g/mol. The van der Waals surface area contributed by atoms with E-state index in [0.717, 1.165) is 24.3 Å². The van der Waals surface area contributed by atoms with Crippen LogP contribution < -0.4 is 15.4 Å². The molecule has 3 aromatic heterocycles. The Morgan fingerprint density at radius 1 is 1.28 bits per heavy atom. The van der Waals surface area contributed by atoms with Crippen LogP contribution in [0.3, 0.4) is 0 Å². The van der Waals surface area contributed by atoms with Crippen LogP contribution >= 0.6 is 11.6 Å². The molecule has 2 fully saturated rings. The molecule has 0 radical (unpaired) electrons. The first-order valence-corrected chi connectivity index (χ1v) is 10.1. The number of hydrogen-bond donors (Lipinski definition) is 2. The van der Waals surface area contributed by atoms with Gasteiger partial charge in [0.1, 0.15) is 29.0 Å². The van der Waals surface area contributed by atoms with Gasteiger partial charge in [-0.1, -0.05) is 11.6 Å². The van der Waals surface area contributed by atoms with Gasteiger partial charge in [0.15, 0.2) is 5.65 Å². The van der Waals surface area contributed by atoms with Crippen molar-refractivity contribution in [2.45, 2.75) is 37.4 Å². The van der Waals surface area contributed by atoms with Gasteiger partial charge >= 0.3 is 0 Å². The fourth-order valence-electron chi connectivity index (χ4n) is 3.63. The molecule has 152 valence electrons. The molecule has 0 spiro atoms. The van der Waals surface area contributed by atoms with Crippen molar-refractivity contribution in [3.8, 4) is 17.1 Å². The summed E-state index contributed by atoms with van der Waals surface area (Å²) >= 11 is 6.40. The molecule has 29 heavy (non-hydrogen) atoms. The molecule has 0 unspecified atom stereocenters. The van der Waals surface area contributed by atoms with Crippen LogP contribution in [-0.4, -0.2) is 57.0 Å². The van der Waals surface area contributed by atoms with Gasteiger partial charge in [0.2, 0.25) is 5.95 Å². The Bertz CT molecular complexity index is 1050. The number of alkyl halides is 1. The van der Waals surface area contributed by atoms with E-state index < -0.39 is 6.17 Å². The lowest BCUT2D eigenvalue weighted by Gasteiger charge is -2.27. The number of halogens is 2. The zero-order valence-corrected chi connectivity index (χ0v) is 16.7. The average molecular weight is 418 g/mol. The number of piperidine rings is 1. The minimum atomic E-state index is -0.954. The third-order valence-corrected chi connectivity index (χ3v) is 5.64. The van der Waals surface area contributed by atoms with Gasteiger partial charge in [-0.15, -0.1) is 0 Å². The van der Waals surface area contributed by atoms with Crippen LogP contribution in [-0.2, 0) is 0 Å². The van der Waals surface area contributed by atoms with E-state index in [0.29, 0.717) is 53.4 Å². The average Bonchev–Trinajstić information content (AvgIpc) is 3.50. The molecule has 8 nitrogen and oxygen atoms in total. The number of fused-ring (bicyclic) bond motifs is 1. The van der Waals surface area contributed by atoms with Gasteiger partial charge in [-0.25, -0.2) is 23.9 Å². The lowest BCUT2D eigenvalue weighted by atomic mass is 10.1. The summed E-state index contributed by atoms with van der Waals surface area (Å²) in [4.78, 5) is 13.2. The third kappa shape index (κ3) is 3.49. The summed E-state index contributed by atoms with van der Waals surface area (Å²) < 4.78 is 21.4. The second-order valence-electron chi connectivity index (χ2n) is 7.44. The van der Waals surface area contributed by atoms with Crippen molar-refractivity contribution in [1.29, 1.82) is 0 Å². The maximum Gasteiger partial charge on any atom is 0.223 e. The minimum absolute atomic E-state index is 0.326. The van der Waals surface area contributed by atoms with Crippen molar-refractivity contribution in [3.63, 3.8) is 0 Å². The topological polar surface area (TPSA) is 89.3 Å². The van der Waals surface area contributed by atoms with Crippen molar-refractivity contribution in [1.82, 2.24) is 29.9 Å². The van der Waals surface area contributed by atoms with E-state index in [4.69, 9.17) is 21.4 Å². The number of methoxy groups -OCH3 is 1. The zero-order chi connectivity index (χ0) is 20.0. The van der Waals surface area contributed by atoms with Crippen molar-refractivity contribution in [2.75, 3.05) is 25.5 Å². The number of aromatic nitrogens is 5. The van der Waals surface area contributed by atoms with Gasteiger partial charge in [-0.2, -0.15) is 5.10 Å². The highest BCUT2D eigenvalue weighted by Gasteiger charge is 2.30. The SMILES string of the molecule is COc1cc2ncc(-c3nc(N[C@H]4CNCC[C@@H]4F)ncc3Cl)n2nc1C1CC1. The summed E-state index contributed by atoms with van der Waals surface area (Å²) in [5.74, 6) is 1.47. The number of nitrogens with zero attached hydrogens (tertiary/aromatic N) is 5. The van der Waals surface area contributed by atoms with Crippen LogP contribution in [0.4, 0.5) is 10.3 Å². The van der Waals surface area contributed by atoms with Gasteiger partial charge < -0.3 is 15.4 Å². The number of hydrogen-bond acceptors (Lipinski definition) is 7. The van der Waals surface area contributed by atoms with Crippen LogP contribution in [0.1, 0.15) is 30.9 Å². The fraction of sp³-hybridized carbons (Fsp3) is 0.474. The Morgan fingerprint density at radius 3 is 2.90 bits per heavy atom. The molecule has 0 amide bonds. The molecule has 0 bridgehead atoms. The molecule has 5 rings (SSSR count). The molecule has 4 heterocycles. The monoisotopic (exact) mass is 417 g/mol. The number of ether oxygens (including phenoxy) is 1. The maximum atomic E-state index is 14.2. The number of rotatable bonds is 5. The van der Waals surface area contributed by atoms with Gasteiger partial charge in [0, 0.05) is 18.5 Å². The number of imidazole rings is 1. The number of nitrogens with one attached hydrogen (secondary N) is 2. The largest absolute Gasteiger partial charge is 0.495 e. The standard InChI is InChI=1S/C19H21ClFN7O/c1-29-15-6-16-23-9-14(28(16)27-17(15)10-2-3-10)18-11(20)7-24-19(26-18)25-13-8-22-5-4-12(13)21/h6-7,9-10,12-13,22H,2-5,8H2,1H3,(H,24,25,26)/t12-,13-/m0/s1. The zero-order valence-electron chi connectivity index (χ0n) is 15.9. The van der Waals surface area contributed by atoms with Crippen molar-refractivity contribution in [3.05, 3.63) is 29.2 Å². The second kappa shape index (κ2) is 7.38. The first kappa shape index (κ1) is 18.5. The Balaban J connectivity index is 1.53. The Kier molecular flexibility index (Phi) is 4.71. The Morgan fingerprint density at radius 2 is 2.14 bits per heavy atom. The normalized spacial score (nSPS) is 22.0. The smallest absolute Gasteiger partial charge is 0.223 e. The van der Waals surface area contributed by atoms with Crippen LogP contribution in [0.2, 0.25) is 5.02 Å². The van der Waals surface area contributed by atoms with Gasteiger partial charge in [0.05, 0.1) is 30.6 Å². The first-order valence-electron chi connectivity index (χ1n) is 9.71. The predicted molar refractivity (Wildman–Crippen MR) is 107 cm³/mol. The van der Waals surface area contributed by atoms with Crippen molar-refractivity contribution >= 4 is 23.2 Å². The van der Waals surface area contributed by atoms with Crippen LogP contribution in [0, 0.1) is 0 Å². The van der Waals surface area contributed by atoms with E-state index in [1.165, 1.54) is 6.20 Å². The molecule has 3 aromatic rings. The highest BCUT2D eigenvalue weighted by molar-refractivity contribution is 6.32. The summed E-state index contributed by atoms with van der Waals surface area (Å²) in [7, 11) is 1.64. The summed E-state index contributed by atoms with van der Waals surface area (Å²) in [5.41, 5.74) is 2.70. The summed E-state index contributed by atoms with van der Waals surface area (Å²) in [6.07, 6.45) is 4.89. The van der Waals surface area contributed by atoms with E-state index in [2.05, 4.69) is 25.6 Å². The highest BCUT2D eigenvalue weighted by atomic mass is 35.5. The quantitative estimate of drug-likeness (QED) is 0.659. The first-order chi connectivity index (χ1) is 14.1. The van der Waals surface area contributed by atoms with Gasteiger partial charge in [0.25, 0.3) is 0 Å². The molecule has 10 heteroatoms. The van der Waals surface area contributed by atoms with Crippen molar-refractivity contribution in [2.24, 2.45) is 0 Å².